The van der Waals surface area contributed by atoms with Gasteiger partial charge in [0.05, 0.1) is 0 Å². The number of rotatable bonds is 7. The number of carbonyl (C=O) groups excluding carboxylic acids is 1. The van der Waals surface area contributed by atoms with Crippen LogP contribution in [0.5, 0.6) is 0 Å². The van der Waals surface area contributed by atoms with Gasteiger partial charge in [-0.25, -0.2) is 4.98 Å². The van der Waals surface area contributed by atoms with Crippen molar-refractivity contribution < 1.29 is 9.21 Å². The van der Waals surface area contributed by atoms with Gasteiger partial charge in [0.1, 0.15) is 5.52 Å². The van der Waals surface area contributed by atoms with Crippen molar-refractivity contribution in [3.05, 3.63) is 48.0 Å². The second kappa shape index (κ2) is 9.65. The molecule has 0 saturated carbocycles. The standard InChI is InChI=1S/C23H27N3O2S/c1-4-6-10-21(27)26-23(29)24-18-9-7-8-17(13-18)22-25-19-14-16(15(3)5-2)11-12-20(19)28-22/h7-9,11-15H,4-6,10H2,1-3H3,(H2,24,26,27,29). The zero-order valence-electron chi connectivity index (χ0n) is 17.1. The molecule has 0 radical (unpaired) electrons. The quantitative estimate of drug-likeness (QED) is 0.468. The fraction of sp³-hybridized carbons (Fsp3) is 0.348. The molecule has 1 aromatic heterocycles. The van der Waals surface area contributed by atoms with Crippen LogP contribution in [0.1, 0.15) is 57.9 Å². The van der Waals surface area contributed by atoms with Crippen LogP contribution in [-0.4, -0.2) is 16.0 Å². The minimum Gasteiger partial charge on any atom is -0.436 e. The second-order valence-electron chi connectivity index (χ2n) is 7.24. The van der Waals surface area contributed by atoms with E-state index in [2.05, 4.69) is 41.6 Å². The molecule has 0 aliphatic rings. The number of aromatic nitrogens is 1. The smallest absolute Gasteiger partial charge is 0.227 e. The van der Waals surface area contributed by atoms with E-state index in [1.54, 1.807) is 0 Å². The number of amides is 1. The lowest BCUT2D eigenvalue weighted by molar-refractivity contribution is -0.119. The topological polar surface area (TPSA) is 67.2 Å². The molecule has 0 aliphatic heterocycles. The summed E-state index contributed by atoms with van der Waals surface area (Å²) in [4.78, 5) is 16.5. The van der Waals surface area contributed by atoms with Crippen LogP contribution in [0.15, 0.2) is 46.9 Å². The average Bonchev–Trinajstić information content (AvgIpc) is 3.15. The summed E-state index contributed by atoms with van der Waals surface area (Å²) in [5, 5.41) is 6.05. The molecule has 6 heteroatoms. The summed E-state index contributed by atoms with van der Waals surface area (Å²) in [5.74, 6) is 0.972. The maximum Gasteiger partial charge on any atom is 0.227 e. The second-order valence-corrected chi connectivity index (χ2v) is 7.65. The van der Waals surface area contributed by atoms with Gasteiger partial charge >= 0.3 is 0 Å². The molecular weight excluding hydrogens is 382 g/mol. The zero-order chi connectivity index (χ0) is 20.8. The monoisotopic (exact) mass is 409 g/mol. The van der Waals surface area contributed by atoms with Crippen LogP contribution in [0.25, 0.3) is 22.6 Å². The highest BCUT2D eigenvalue weighted by Gasteiger charge is 2.12. The molecule has 0 aliphatic carbocycles. The van der Waals surface area contributed by atoms with Crippen LogP contribution in [0.2, 0.25) is 0 Å². The summed E-state index contributed by atoms with van der Waals surface area (Å²) in [5.41, 5.74) is 4.50. The van der Waals surface area contributed by atoms with Gasteiger partial charge in [0.15, 0.2) is 10.7 Å². The van der Waals surface area contributed by atoms with Crippen molar-refractivity contribution in [3.8, 4) is 11.5 Å². The number of benzene rings is 2. The minimum atomic E-state index is -0.0726. The van der Waals surface area contributed by atoms with Gasteiger partial charge in [-0.15, -0.1) is 0 Å². The summed E-state index contributed by atoms with van der Waals surface area (Å²) in [6.45, 7) is 6.44. The molecule has 0 spiro atoms. The molecule has 2 N–H and O–H groups in total. The molecular formula is C23H27N3O2S. The zero-order valence-corrected chi connectivity index (χ0v) is 17.9. The average molecular weight is 410 g/mol. The highest BCUT2D eigenvalue weighted by Crippen LogP contribution is 2.29. The van der Waals surface area contributed by atoms with Gasteiger partial charge < -0.3 is 15.1 Å². The predicted octanol–water partition coefficient (Wildman–Crippen LogP) is 6.01. The predicted molar refractivity (Wildman–Crippen MR) is 122 cm³/mol. The number of hydrogen-bond donors (Lipinski definition) is 2. The van der Waals surface area contributed by atoms with E-state index < -0.39 is 0 Å². The highest BCUT2D eigenvalue weighted by molar-refractivity contribution is 7.80. The van der Waals surface area contributed by atoms with Gasteiger partial charge in [0.2, 0.25) is 11.8 Å². The number of hydrogen-bond acceptors (Lipinski definition) is 4. The SMILES string of the molecule is CCCCC(=O)NC(=S)Nc1cccc(-c2nc3cc(C(C)CC)ccc3o2)c1. The Bertz CT molecular complexity index is 1010. The number of carbonyl (C=O) groups is 1. The van der Waals surface area contributed by atoms with Gasteiger partial charge in [0, 0.05) is 17.7 Å². The van der Waals surface area contributed by atoms with Crippen LogP contribution >= 0.6 is 12.2 Å². The van der Waals surface area contributed by atoms with Gasteiger partial charge in [-0.3, -0.25) is 4.79 Å². The summed E-state index contributed by atoms with van der Waals surface area (Å²) in [6, 6.07) is 13.8. The number of fused-ring (bicyclic) bond motifs is 1. The van der Waals surface area contributed by atoms with Crippen LogP contribution < -0.4 is 10.6 Å². The Kier molecular flexibility index (Phi) is 6.99. The van der Waals surface area contributed by atoms with Crippen molar-refractivity contribution >= 4 is 40.0 Å². The fourth-order valence-corrected chi connectivity index (χ4v) is 3.26. The molecule has 1 heterocycles. The van der Waals surface area contributed by atoms with E-state index in [0.717, 1.165) is 41.6 Å². The highest BCUT2D eigenvalue weighted by atomic mass is 32.1. The van der Waals surface area contributed by atoms with Crippen LogP contribution in [0, 0.1) is 0 Å². The first-order valence-corrected chi connectivity index (χ1v) is 10.5. The van der Waals surface area contributed by atoms with Gasteiger partial charge in [0.25, 0.3) is 0 Å². The summed E-state index contributed by atoms with van der Waals surface area (Å²) < 4.78 is 5.95. The molecule has 0 fully saturated rings. The van der Waals surface area contributed by atoms with Crippen LogP contribution in [-0.2, 0) is 4.79 Å². The maximum atomic E-state index is 11.8. The Morgan fingerprint density at radius 1 is 1.21 bits per heavy atom. The Morgan fingerprint density at radius 2 is 2.03 bits per heavy atom. The van der Waals surface area contributed by atoms with Crippen LogP contribution in [0.4, 0.5) is 5.69 Å². The molecule has 1 unspecified atom stereocenters. The lowest BCUT2D eigenvalue weighted by Gasteiger charge is -2.10. The minimum absolute atomic E-state index is 0.0726. The third-order valence-electron chi connectivity index (χ3n) is 4.97. The molecule has 2 aromatic carbocycles. The van der Waals surface area contributed by atoms with Gasteiger partial charge in [-0.2, -0.15) is 0 Å². The van der Waals surface area contributed by atoms with Gasteiger partial charge in [-0.1, -0.05) is 39.3 Å². The molecule has 1 atom stereocenters. The van der Waals surface area contributed by atoms with E-state index in [1.165, 1.54) is 5.56 Å². The molecule has 0 saturated heterocycles. The first-order valence-electron chi connectivity index (χ1n) is 10.1. The normalized spacial score (nSPS) is 12.0. The third-order valence-corrected chi connectivity index (χ3v) is 5.17. The molecule has 152 valence electrons. The largest absolute Gasteiger partial charge is 0.436 e. The van der Waals surface area contributed by atoms with Crippen molar-refractivity contribution in [2.75, 3.05) is 5.32 Å². The first-order chi connectivity index (χ1) is 14.0. The van der Waals surface area contributed by atoms with Crippen molar-refractivity contribution in [2.45, 2.75) is 52.4 Å². The number of unbranched alkanes of at least 4 members (excludes halogenated alkanes) is 1. The van der Waals surface area contributed by atoms with Crippen molar-refractivity contribution in [1.29, 1.82) is 0 Å². The summed E-state index contributed by atoms with van der Waals surface area (Å²) in [6.07, 6.45) is 3.37. The Labute approximate surface area is 176 Å². The number of anilines is 1. The number of oxazole rings is 1. The van der Waals surface area contributed by atoms with Crippen molar-refractivity contribution in [1.82, 2.24) is 10.3 Å². The Balaban J connectivity index is 1.75. The van der Waals surface area contributed by atoms with E-state index in [4.69, 9.17) is 16.6 Å². The van der Waals surface area contributed by atoms with Crippen LogP contribution in [0.3, 0.4) is 0 Å². The van der Waals surface area contributed by atoms with Gasteiger partial charge in [-0.05, 0) is 66.9 Å². The third kappa shape index (κ3) is 5.41. The summed E-state index contributed by atoms with van der Waals surface area (Å²) >= 11 is 5.24. The van der Waals surface area contributed by atoms with E-state index in [-0.39, 0.29) is 5.91 Å². The lowest BCUT2D eigenvalue weighted by atomic mass is 9.98. The molecule has 5 nitrogen and oxygen atoms in total. The van der Waals surface area contributed by atoms with Crippen molar-refractivity contribution in [3.63, 3.8) is 0 Å². The Morgan fingerprint density at radius 3 is 2.79 bits per heavy atom. The molecule has 0 bridgehead atoms. The summed E-state index contributed by atoms with van der Waals surface area (Å²) in [7, 11) is 0. The number of nitrogens with one attached hydrogen (secondary N) is 2. The lowest BCUT2D eigenvalue weighted by Crippen LogP contribution is -2.33. The van der Waals surface area contributed by atoms with Crippen molar-refractivity contribution in [2.24, 2.45) is 0 Å². The van der Waals surface area contributed by atoms with E-state index in [1.807, 2.05) is 37.3 Å². The number of nitrogens with zero attached hydrogens (tertiary/aromatic N) is 1. The molecule has 3 aromatic rings. The molecule has 29 heavy (non-hydrogen) atoms. The van der Waals surface area contributed by atoms with E-state index in [0.29, 0.717) is 23.3 Å². The first kappa shape index (κ1) is 21.0. The maximum absolute atomic E-state index is 11.8. The Hall–Kier alpha value is -2.73. The molecule has 3 rings (SSSR count). The fourth-order valence-electron chi connectivity index (χ4n) is 3.03. The van der Waals surface area contributed by atoms with E-state index >= 15 is 0 Å². The number of thiocarbonyl (C=S) groups is 1. The molecule has 1 amide bonds. The van der Waals surface area contributed by atoms with E-state index in [9.17, 15) is 4.79 Å².